The standard InChI is InChI=1S/C15H22BrNO/c1-11(18)5-4-8-17-13-9-12(10-13)14-6-2-3-7-15(14)16/h2-3,6-7,11-13,17-18H,4-5,8-10H2,1H3. The average molecular weight is 312 g/mol. The van der Waals surface area contributed by atoms with Crippen molar-refractivity contribution in [1.29, 1.82) is 0 Å². The van der Waals surface area contributed by atoms with Crippen molar-refractivity contribution < 1.29 is 5.11 Å². The number of hydrogen-bond donors (Lipinski definition) is 2. The van der Waals surface area contributed by atoms with Crippen LogP contribution in [0.4, 0.5) is 0 Å². The van der Waals surface area contributed by atoms with Crippen LogP contribution in [0.15, 0.2) is 28.7 Å². The Kier molecular flexibility index (Phi) is 5.22. The van der Waals surface area contributed by atoms with E-state index < -0.39 is 0 Å². The van der Waals surface area contributed by atoms with Gasteiger partial charge >= 0.3 is 0 Å². The van der Waals surface area contributed by atoms with Crippen LogP contribution in [0.2, 0.25) is 0 Å². The SMILES string of the molecule is CC(O)CCCNC1CC(c2ccccc2Br)C1. The topological polar surface area (TPSA) is 32.3 Å². The van der Waals surface area contributed by atoms with Gasteiger partial charge in [0, 0.05) is 10.5 Å². The molecule has 1 aromatic carbocycles. The number of benzene rings is 1. The van der Waals surface area contributed by atoms with Crippen molar-refractivity contribution in [3.8, 4) is 0 Å². The quantitative estimate of drug-likeness (QED) is 0.789. The number of hydrogen-bond acceptors (Lipinski definition) is 2. The van der Waals surface area contributed by atoms with Gasteiger partial charge in [0.2, 0.25) is 0 Å². The molecule has 1 aromatic rings. The molecule has 0 bridgehead atoms. The molecule has 0 heterocycles. The van der Waals surface area contributed by atoms with Crippen LogP contribution in [0.1, 0.15) is 44.1 Å². The fraction of sp³-hybridized carbons (Fsp3) is 0.600. The lowest BCUT2D eigenvalue weighted by molar-refractivity contribution is 0.179. The fourth-order valence-corrected chi connectivity index (χ4v) is 3.16. The molecule has 18 heavy (non-hydrogen) atoms. The monoisotopic (exact) mass is 311 g/mol. The minimum Gasteiger partial charge on any atom is -0.393 e. The Morgan fingerprint density at radius 1 is 1.39 bits per heavy atom. The van der Waals surface area contributed by atoms with Gasteiger partial charge in [-0.2, -0.15) is 0 Å². The number of rotatable bonds is 6. The van der Waals surface area contributed by atoms with Crippen LogP contribution >= 0.6 is 15.9 Å². The molecule has 1 aliphatic carbocycles. The van der Waals surface area contributed by atoms with E-state index in [-0.39, 0.29) is 6.10 Å². The molecule has 0 aliphatic heterocycles. The van der Waals surface area contributed by atoms with Crippen molar-refractivity contribution in [2.75, 3.05) is 6.54 Å². The van der Waals surface area contributed by atoms with Gasteiger partial charge in [0.25, 0.3) is 0 Å². The van der Waals surface area contributed by atoms with E-state index in [1.165, 1.54) is 22.9 Å². The number of halogens is 1. The van der Waals surface area contributed by atoms with Crippen molar-refractivity contribution in [3.63, 3.8) is 0 Å². The van der Waals surface area contributed by atoms with Gasteiger partial charge in [0.15, 0.2) is 0 Å². The van der Waals surface area contributed by atoms with Crippen molar-refractivity contribution in [1.82, 2.24) is 5.32 Å². The zero-order valence-electron chi connectivity index (χ0n) is 10.9. The summed E-state index contributed by atoms with van der Waals surface area (Å²) in [6.07, 6.45) is 4.26. The molecule has 0 aromatic heterocycles. The molecular weight excluding hydrogens is 290 g/mol. The lowest BCUT2D eigenvalue weighted by Crippen LogP contribution is -2.40. The Bertz CT molecular complexity index is 375. The summed E-state index contributed by atoms with van der Waals surface area (Å²) in [4.78, 5) is 0. The van der Waals surface area contributed by atoms with E-state index in [9.17, 15) is 5.11 Å². The Morgan fingerprint density at radius 2 is 2.11 bits per heavy atom. The summed E-state index contributed by atoms with van der Waals surface area (Å²) in [6.45, 7) is 2.88. The van der Waals surface area contributed by atoms with Crippen LogP contribution in [0.25, 0.3) is 0 Å². The summed E-state index contributed by atoms with van der Waals surface area (Å²) >= 11 is 3.62. The fourth-order valence-electron chi connectivity index (χ4n) is 2.55. The minimum atomic E-state index is -0.166. The van der Waals surface area contributed by atoms with Crippen molar-refractivity contribution in [2.45, 2.75) is 50.7 Å². The molecule has 1 aliphatic rings. The summed E-state index contributed by atoms with van der Waals surface area (Å²) in [7, 11) is 0. The molecule has 100 valence electrons. The smallest absolute Gasteiger partial charge is 0.0512 e. The van der Waals surface area contributed by atoms with Gasteiger partial charge in [-0.3, -0.25) is 0 Å². The molecule has 1 atom stereocenters. The van der Waals surface area contributed by atoms with E-state index in [0.717, 1.165) is 19.4 Å². The summed E-state index contributed by atoms with van der Waals surface area (Å²) in [5, 5.41) is 12.7. The van der Waals surface area contributed by atoms with E-state index in [1.54, 1.807) is 0 Å². The highest BCUT2D eigenvalue weighted by Gasteiger charge is 2.30. The third-order valence-electron chi connectivity index (χ3n) is 3.71. The Morgan fingerprint density at radius 3 is 2.78 bits per heavy atom. The van der Waals surface area contributed by atoms with Crippen molar-refractivity contribution in [3.05, 3.63) is 34.3 Å². The Hall–Kier alpha value is -0.380. The molecule has 2 N–H and O–H groups in total. The van der Waals surface area contributed by atoms with Gasteiger partial charge in [0.1, 0.15) is 0 Å². The second kappa shape index (κ2) is 6.69. The predicted molar refractivity (Wildman–Crippen MR) is 78.8 cm³/mol. The van der Waals surface area contributed by atoms with Crippen LogP contribution in [-0.2, 0) is 0 Å². The number of nitrogens with one attached hydrogen (secondary N) is 1. The maximum atomic E-state index is 9.18. The molecule has 0 radical (unpaired) electrons. The zero-order valence-corrected chi connectivity index (χ0v) is 12.5. The highest BCUT2D eigenvalue weighted by molar-refractivity contribution is 9.10. The first-order chi connectivity index (χ1) is 8.66. The summed E-state index contributed by atoms with van der Waals surface area (Å²) in [5.41, 5.74) is 1.44. The Labute approximate surface area is 118 Å². The molecule has 1 unspecified atom stereocenters. The highest BCUT2D eigenvalue weighted by Crippen LogP contribution is 2.39. The van der Waals surface area contributed by atoms with Crippen LogP contribution < -0.4 is 5.32 Å². The van der Waals surface area contributed by atoms with Gasteiger partial charge < -0.3 is 10.4 Å². The largest absolute Gasteiger partial charge is 0.393 e. The first-order valence-corrected chi connectivity index (χ1v) is 7.62. The van der Waals surface area contributed by atoms with Crippen LogP contribution in [0.3, 0.4) is 0 Å². The van der Waals surface area contributed by atoms with E-state index in [1.807, 2.05) is 6.92 Å². The molecular formula is C15H22BrNO. The third-order valence-corrected chi connectivity index (χ3v) is 4.44. The summed E-state index contributed by atoms with van der Waals surface area (Å²) in [5.74, 6) is 0.704. The summed E-state index contributed by atoms with van der Waals surface area (Å²) < 4.78 is 1.24. The molecule has 0 amide bonds. The van der Waals surface area contributed by atoms with Crippen LogP contribution in [0, 0.1) is 0 Å². The molecule has 1 saturated carbocycles. The zero-order chi connectivity index (χ0) is 13.0. The highest BCUT2D eigenvalue weighted by atomic mass is 79.9. The van der Waals surface area contributed by atoms with Gasteiger partial charge in [-0.15, -0.1) is 0 Å². The molecule has 0 spiro atoms. The van der Waals surface area contributed by atoms with E-state index in [0.29, 0.717) is 12.0 Å². The first-order valence-electron chi connectivity index (χ1n) is 6.82. The second-order valence-corrected chi connectivity index (χ2v) is 6.19. The van der Waals surface area contributed by atoms with Crippen LogP contribution in [0.5, 0.6) is 0 Å². The van der Waals surface area contributed by atoms with Crippen molar-refractivity contribution >= 4 is 15.9 Å². The lowest BCUT2D eigenvalue weighted by atomic mass is 9.76. The average Bonchev–Trinajstić information content (AvgIpc) is 2.28. The van der Waals surface area contributed by atoms with Gasteiger partial charge in [-0.1, -0.05) is 34.1 Å². The lowest BCUT2D eigenvalue weighted by Gasteiger charge is -2.37. The molecule has 2 nitrogen and oxygen atoms in total. The summed E-state index contributed by atoms with van der Waals surface area (Å²) in [6, 6.07) is 9.19. The number of aliphatic hydroxyl groups excluding tert-OH is 1. The maximum Gasteiger partial charge on any atom is 0.0512 e. The Balaban J connectivity index is 1.67. The van der Waals surface area contributed by atoms with Gasteiger partial charge in [-0.05, 0) is 56.7 Å². The predicted octanol–water partition coefficient (Wildman–Crippen LogP) is 3.45. The first kappa shape index (κ1) is 14.0. The van der Waals surface area contributed by atoms with Gasteiger partial charge in [0.05, 0.1) is 6.10 Å². The minimum absolute atomic E-state index is 0.166. The van der Waals surface area contributed by atoms with Crippen LogP contribution in [-0.4, -0.2) is 23.8 Å². The normalized spacial score (nSPS) is 24.6. The van der Waals surface area contributed by atoms with Crippen molar-refractivity contribution in [2.24, 2.45) is 0 Å². The third kappa shape index (κ3) is 3.81. The molecule has 1 fully saturated rings. The molecule has 0 saturated heterocycles. The number of aliphatic hydroxyl groups is 1. The molecule has 3 heteroatoms. The van der Waals surface area contributed by atoms with Gasteiger partial charge in [-0.25, -0.2) is 0 Å². The van der Waals surface area contributed by atoms with E-state index in [2.05, 4.69) is 45.5 Å². The molecule has 2 rings (SSSR count). The maximum absolute atomic E-state index is 9.18. The second-order valence-electron chi connectivity index (χ2n) is 5.33. The van der Waals surface area contributed by atoms with E-state index >= 15 is 0 Å². The van der Waals surface area contributed by atoms with E-state index in [4.69, 9.17) is 0 Å².